The number of benzene rings is 3. The van der Waals surface area contributed by atoms with E-state index in [1.54, 1.807) is 23.8 Å². The Morgan fingerprint density at radius 2 is 1.68 bits per heavy atom. The van der Waals surface area contributed by atoms with E-state index in [0.717, 1.165) is 27.5 Å². The van der Waals surface area contributed by atoms with Gasteiger partial charge in [-0.15, -0.1) is 11.8 Å². The van der Waals surface area contributed by atoms with Crippen molar-refractivity contribution in [2.45, 2.75) is 56.6 Å². The van der Waals surface area contributed by atoms with Gasteiger partial charge >= 0.3 is 0 Å². The Bertz CT molecular complexity index is 1140. The standard InChI is InChI=1S/C30H35ClN2O3S/c1-22(2)32-30(35)28(20-23-9-5-4-6-10-23)33(21-24-11-7-12-26(19-24)36-3)29(34)13-8-18-37-27-16-14-25(31)15-17-27/h4-7,9-12,14-17,19,22,28H,8,13,18,20-21H2,1-3H3,(H,32,35)/t28-/m1/s1. The smallest absolute Gasteiger partial charge is 0.243 e. The average molecular weight is 539 g/mol. The number of carbonyl (C=O) groups is 2. The minimum Gasteiger partial charge on any atom is -0.497 e. The number of nitrogens with zero attached hydrogens (tertiary/aromatic N) is 1. The molecule has 2 amide bonds. The van der Waals surface area contributed by atoms with Crippen LogP contribution in [0.4, 0.5) is 0 Å². The number of ether oxygens (including phenoxy) is 1. The summed E-state index contributed by atoms with van der Waals surface area (Å²) < 4.78 is 5.39. The Kier molecular flexibility index (Phi) is 11.4. The second-order valence-electron chi connectivity index (χ2n) is 9.15. The van der Waals surface area contributed by atoms with Gasteiger partial charge in [0.05, 0.1) is 7.11 Å². The molecule has 0 aromatic heterocycles. The lowest BCUT2D eigenvalue weighted by atomic mass is 10.0. The van der Waals surface area contributed by atoms with Crippen LogP contribution in [0.15, 0.2) is 83.8 Å². The second-order valence-corrected chi connectivity index (χ2v) is 10.8. The highest BCUT2D eigenvalue weighted by Crippen LogP contribution is 2.23. The fourth-order valence-corrected chi connectivity index (χ4v) is 4.97. The first-order valence-electron chi connectivity index (χ1n) is 12.5. The zero-order valence-electron chi connectivity index (χ0n) is 21.7. The van der Waals surface area contributed by atoms with Crippen LogP contribution in [0, 0.1) is 0 Å². The van der Waals surface area contributed by atoms with E-state index in [-0.39, 0.29) is 17.9 Å². The molecule has 0 aliphatic rings. The van der Waals surface area contributed by atoms with Crippen molar-refractivity contribution in [2.75, 3.05) is 12.9 Å². The number of rotatable bonds is 13. The third kappa shape index (κ3) is 9.45. The van der Waals surface area contributed by atoms with Gasteiger partial charge in [0.25, 0.3) is 0 Å². The zero-order chi connectivity index (χ0) is 26.6. The van der Waals surface area contributed by atoms with Crippen LogP contribution in [-0.2, 0) is 22.6 Å². The Labute approximate surface area is 229 Å². The number of thioether (sulfide) groups is 1. The van der Waals surface area contributed by atoms with Gasteiger partial charge in [-0.25, -0.2) is 0 Å². The van der Waals surface area contributed by atoms with Crippen LogP contribution in [-0.4, -0.2) is 41.7 Å². The van der Waals surface area contributed by atoms with Gasteiger partial charge < -0.3 is 15.0 Å². The zero-order valence-corrected chi connectivity index (χ0v) is 23.2. The molecule has 3 rings (SSSR count). The third-order valence-corrected chi connectivity index (χ3v) is 7.16. The summed E-state index contributed by atoms with van der Waals surface area (Å²) in [7, 11) is 1.62. The van der Waals surface area contributed by atoms with Crippen LogP contribution in [0.1, 0.15) is 37.8 Å². The van der Waals surface area contributed by atoms with Crippen LogP contribution in [0.25, 0.3) is 0 Å². The summed E-state index contributed by atoms with van der Waals surface area (Å²) in [5, 5.41) is 3.73. The number of hydrogen-bond donors (Lipinski definition) is 1. The minimum absolute atomic E-state index is 0.0321. The Morgan fingerprint density at radius 3 is 2.35 bits per heavy atom. The highest BCUT2D eigenvalue weighted by Gasteiger charge is 2.30. The molecule has 7 heteroatoms. The predicted molar refractivity (Wildman–Crippen MR) is 152 cm³/mol. The molecule has 0 saturated heterocycles. The quantitative estimate of drug-likeness (QED) is 0.202. The molecule has 3 aromatic rings. The number of hydrogen-bond acceptors (Lipinski definition) is 4. The maximum atomic E-state index is 13.7. The van der Waals surface area contributed by atoms with Crippen LogP contribution in [0.2, 0.25) is 5.02 Å². The van der Waals surface area contributed by atoms with E-state index in [1.165, 1.54) is 0 Å². The van der Waals surface area contributed by atoms with E-state index in [9.17, 15) is 9.59 Å². The van der Waals surface area contributed by atoms with E-state index >= 15 is 0 Å². The van der Waals surface area contributed by atoms with Crippen molar-refractivity contribution in [3.8, 4) is 5.75 Å². The van der Waals surface area contributed by atoms with E-state index < -0.39 is 6.04 Å². The number of methoxy groups -OCH3 is 1. The first-order valence-corrected chi connectivity index (χ1v) is 13.9. The molecule has 5 nitrogen and oxygen atoms in total. The summed E-state index contributed by atoms with van der Waals surface area (Å²) in [5.41, 5.74) is 1.92. The Morgan fingerprint density at radius 1 is 0.973 bits per heavy atom. The SMILES string of the molecule is COc1cccc(CN(C(=O)CCCSc2ccc(Cl)cc2)[C@H](Cc2ccccc2)C(=O)NC(C)C)c1. The van der Waals surface area contributed by atoms with Gasteiger partial charge in [0.1, 0.15) is 11.8 Å². The predicted octanol–water partition coefficient (Wildman–Crippen LogP) is 6.39. The van der Waals surface area contributed by atoms with Gasteiger partial charge in [-0.05, 0) is 73.5 Å². The molecule has 0 aliphatic carbocycles. The summed E-state index contributed by atoms with van der Waals surface area (Å²) in [6.07, 6.45) is 1.49. The van der Waals surface area contributed by atoms with E-state index in [0.29, 0.717) is 30.8 Å². The van der Waals surface area contributed by atoms with Gasteiger partial charge in [0.2, 0.25) is 11.8 Å². The summed E-state index contributed by atoms with van der Waals surface area (Å²) >= 11 is 7.67. The van der Waals surface area contributed by atoms with Crippen LogP contribution in [0.3, 0.4) is 0 Å². The van der Waals surface area contributed by atoms with E-state index in [4.69, 9.17) is 16.3 Å². The molecular weight excluding hydrogens is 504 g/mol. The maximum absolute atomic E-state index is 13.7. The van der Waals surface area contributed by atoms with Gasteiger partial charge in [0, 0.05) is 35.3 Å². The molecular formula is C30H35ClN2O3S. The molecule has 0 aliphatic heterocycles. The lowest BCUT2D eigenvalue weighted by Crippen LogP contribution is -2.51. The monoisotopic (exact) mass is 538 g/mol. The number of carbonyl (C=O) groups excluding carboxylic acids is 2. The fraction of sp³-hybridized carbons (Fsp3) is 0.333. The molecule has 0 spiro atoms. The fourth-order valence-electron chi connectivity index (χ4n) is 3.99. The Hall–Kier alpha value is -2.96. The summed E-state index contributed by atoms with van der Waals surface area (Å²) in [5.74, 6) is 1.32. The van der Waals surface area contributed by atoms with Crippen molar-refractivity contribution in [2.24, 2.45) is 0 Å². The number of halogens is 1. The van der Waals surface area contributed by atoms with E-state index in [1.807, 2.05) is 92.7 Å². The second kappa shape index (κ2) is 14.7. The first kappa shape index (κ1) is 28.6. The first-order chi connectivity index (χ1) is 17.9. The normalized spacial score (nSPS) is 11.7. The molecule has 0 saturated carbocycles. The molecule has 0 radical (unpaired) electrons. The minimum atomic E-state index is -0.632. The molecule has 37 heavy (non-hydrogen) atoms. The Balaban J connectivity index is 1.80. The lowest BCUT2D eigenvalue weighted by molar-refractivity contribution is -0.141. The molecule has 196 valence electrons. The highest BCUT2D eigenvalue weighted by atomic mass is 35.5. The van der Waals surface area contributed by atoms with Gasteiger partial charge in [-0.1, -0.05) is 54.1 Å². The van der Waals surface area contributed by atoms with Crippen molar-refractivity contribution in [3.63, 3.8) is 0 Å². The van der Waals surface area contributed by atoms with Crippen molar-refractivity contribution < 1.29 is 14.3 Å². The molecule has 1 atom stereocenters. The molecule has 0 unspecified atom stereocenters. The topological polar surface area (TPSA) is 58.6 Å². The van der Waals surface area contributed by atoms with Crippen molar-refractivity contribution in [1.82, 2.24) is 10.2 Å². The highest BCUT2D eigenvalue weighted by molar-refractivity contribution is 7.99. The van der Waals surface area contributed by atoms with E-state index in [2.05, 4.69) is 5.32 Å². The van der Waals surface area contributed by atoms with Crippen molar-refractivity contribution in [3.05, 3.63) is 95.0 Å². The van der Waals surface area contributed by atoms with Gasteiger partial charge in [0.15, 0.2) is 0 Å². The number of nitrogens with one attached hydrogen (secondary N) is 1. The third-order valence-electron chi connectivity index (χ3n) is 5.81. The largest absolute Gasteiger partial charge is 0.497 e. The van der Waals surface area contributed by atoms with Gasteiger partial charge in [-0.3, -0.25) is 9.59 Å². The number of amides is 2. The van der Waals surface area contributed by atoms with Crippen molar-refractivity contribution in [1.29, 1.82) is 0 Å². The molecule has 1 N–H and O–H groups in total. The molecule has 0 heterocycles. The molecule has 3 aromatic carbocycles. The van der Waals surface area contributed by atoms with Gasteiger partial charge in [-0.2, -0.15) is 0 Å². The maximum Gasteiger partial charge on any atom is 0.243 e. The molecule has 0 fully saturated rings. The lowest BCUT2D eigenvalue weighted by Gasteiger charge is -2.32. The van der Waals surface area contributed by atoms with Crippen LogP contribution < -0.4 is 10.1 Å². The summed E-state index contributed by atoms with van der Waals surface area (Å²) in [6.45, 7) is 4.18. The van der Waals surface area contributed by atoms with Crippen LogP contribution >= 0.6 is 23.4 Å². The molecule has 0 bridgehead atoms. The van der Waals surface area contributed by atoms with Crippen molar-refractivity contribution >= 4 is 35.2 Å². The van der Waals surface area contributed by atoms with Crippen LogP contribution in [0.5, 0.6) is 5.75 Å². The summed E-state index contributed by atoms with van der Waals surface area (Å²) in [6, 6.07) is 24.5. The summed E-state index contributed by atoms with van der Waals surface area (Å²) in [4.78, 5) is 29.9. The average Bonchev–Trinajstić information content (AvgIpc) is 2.89.